The quantitative estimate of drug-likeness (QED) is 0.541. The van der Waals surface area contributed by atoms with Crippen molar-refractivity contribution in [1.82, 2.24) is 0 Å². The van der Waals surface area contributed by atoms with Gasteiger partial charge in [0.05, 0.1) is 17.3 Å². The Morgan fingerprint density at radius 1 is 0.968 bits per heavy atom. The maximum absolute atomic E-state index is 11.0. The van der Waals surface area contributed by atoms with E-state index in [4.69, 9.17) is 4.74 Å². The first kappa shape index (κ1) is 24.0. The van der Waals surface area contributed by atoms with Crippen molar-refractivity contribution in [2.75, 3.05) is 7.11 Å². The minimum atomic E-state index is -0.677. The average molecular weight is 435 g/mol. The Bertz CT molecular complexity index is 651. The smallest absolute Gasteiger partial charge is 0.0883 e. The van der Waals surface area contributed by atoms with Gasteiger partial charge in [0.2, 0.25) is 0 Å². The summed E-state index contributed by atoms with van der Waals surface area (Å²) in [4.78, 5) is 0. The van der Waals surface area contributed by atoms with Gasteiger partial charge in [-0.15, -0.1) is 0 Å². The molecule has 0 radical (unpaired) electrons. The normalized spacial score (nSPS) is 51.0. The number of methoxy groups -OCH3 is 1. The molecule has 0 saturated heterocycles. The van der Waals surface area contributed by atoms with Crippen LogP contribution in [0.25, 0.3) is 0 Å². The van der Waals surface area contributed by atoms with E-state index >= 15 is 0 Å². The SMILES string of the molecule is COC1CC2(C)C(CCC3C2CCC2(C)C(C(C)CCC(C)(C)O)CCC32)CC1(C)O. The second kappa shape index (κ2) is 7.98. The van der Waals surface area contributed by atoms with Gasteiger partial charge in [-0.1, -0.05) is 20.8 Å². The zero-order chi connectivity index (χ0) is 22.8. The summed E-state index contributed by atoms with van der Waals surface area (Å²) in [5.74, 6) is 4.66. The monoisotopic (exact) mass is 434 g/mol. The lowest BCUT2D eigenvalue weighted by molar-refractivity contribution is -0.198. The highest BCUT2D eigenvalue weighted by Gasteiger charge is 2.62. The van der Waals surface area contributed by atoms with E-state index in [2.05, 4.69) is 20.8 Å². The fraction of sp³-hybridized carbons (Fsp3) is 1.00. The first-order chi connectivity index (χ1) is 14.3. The zero-order valence-electron chi connectivity index (χ0n) is 21.4. The average Bonchev–Trinajstić information content (AvgIpc) is 3.02. The maximum Gasteiger partial charge on any atom is 0.0883 e. The van der Waals surface area contributed by atoms with Gasteiger partial charge in [0, 0.05) is 7.11 Å². The molecule has 4 aliphatic carbocycles. The van der Waals surface area contributed by atoms with Gasteiger partial charge in [-0.2, -0.15) is 0 Å². The Kier molecular flexibility index (Phi) is 6.18. The van der Waals surface area contributed by atoms with Crippen molar-refractivity contribution in [3.05, 3.63) is 0 Å². The van der Waals surface area contributed by atoms with Gasteiger partial charge >= 0.3 is 0 Å². The lowest BCUT2D eigenvalue weighted by Gasteiger charge is -2.63. The van der Waals surface area contributed by atoms with Crippen molar-refractivity contribution in [3.63, 3.8) is 0 Å². The second-order valence-corrected chi connectivity index (χ2v) is 13.7. The molecule has 4 aliphatic rings. The number of hydrogen-bond donors (Lipinski definition) is 2. The highest BCUT2D eigenvalue weighted by atomic mass is 16.5. The van der Waals surface area contributed by atoms with E-state index in [1.165, 1.54) is 38.5 Å². The highest BCUT2D eigenvalue weighted by Crippen LogP contribution is 2.69. The molecule has 4 rings (SSSR count). The second-order valence-electron chi connectivity index (χ2n) is 13.7. The molecule has 180 valence electrons. The van der Waals surface area contributed by atoms with Gasteiger partial charge in [0.25, 0.3) is 0 Å². The summed E-state index contributed by atoms with van der Waals surface area (Å²) >= 11 is 0. The molecule has 10 atom stereocenters. The third-order valence-electron chi connectivity index (χ3n) is 11.3. The molecule has 0 heterocycles. The van der Waals surface area contributed by atoms with Crippen molar-refractivity contribution in [2.24, 2.45) is 46.3 Å². The molecule has 0 spiro atoms. The van der Waals surface area contributed by atoms with Crippen molar-refractivity contribution < 1.29 is 14.9 Å². The molecule has 0 amide bonds. The summed E-state index contributed by atoms with van der Waals surface area (Å²) in [6.45, 7) is 13.6. The molecule has 31 heavy (non-hydrogen) atoms. The van der Waals surface area contributed by atoms with E-state index in [1.54, 1.807) is 7.11 Å². The molecule has 3 heteroatoms. The van der Waals surface area contributed by atoms with Crippen LogP contribution < -0.4 is 0 Å². The lowest BCUT2D eigenvalue weighted by Crippen LogP contribution is -2.60. The zero-order valence-corrected chi connectivity index (χ0v) is 21.4. The molecule has 0 aliphatic heterocycles. The predicted octanol–water partition coefficient (Wildman–Crippen LogP) is 6.21. The van der Waals surface area contributed by atoms with Crippen LogP contribution in [0.1, 0.15) is 106 Å². The molecule has 0 aromatic rings. The maximum atomic E-state index is 11.0. The van der Waals surface area contributed by atoms with Crippen LogP contribution in [0, 0.1) is 46.3 Å². The Labute approximate surface area is 191 Å². The Hall–Kier alpha value is -0.120. The van der Waals surface area contributed by atoms with Crippen molar-refractivity contribution in [3.8, 4) is 0 Å². The van der Waals surface area contributed by atoms with Gasteiger partial charge in [0.1, 0.15) is 0 Å². The van der Waals surface area contributed by atoms with Gasteiger partial charge < -0.3 is 14.9 Å². The fourth-order valence-corrected chi connectivity index (χ4v) is 9.53. The summed E-state index contributed by atoms with van der Waals surface area (Å²) in [5, 5.41) is 21.3. The summed E-state index contributed by atoms with van der Waals surface area (Å²) < 4.78 is 5.84. The molecular formula is C28H50O3. The van der Waals surface area contributed by atoms with E-state index in [-0.39, 0.29) is 6.10 Å². The Morgan fingerprint density at radius 3 is 2.29 bits per heavy atom. The molecule has 0 aromatic heterocycles. The van der Waals surface area contributed by atoms with Gasteiger partial charge in [-0.3, -0.25) is 0 Å². The van der Waals surface area contributed by atoms with E-state index in [9.17, 15) is 10.2 Å². The number of rotatable bonds is 5. The number of fused-ring (bicyclic) bond motifs is 5. The van der Waals surface area contributed by atoms with E-state index in [1.807, 2.05) is 20.8 Å². The summed E-state index contributed by atoms with van der Waals surface area (Å²) in [6, 6.07) is 0. The number of ether oxygens (including phenoxy) is 1. The minimum absolute atomic E-state index is 0.0287. The highest BCUT2D eigenvalue weighted by molar-refractivity contribution is 5.12. The van der Waals surface area contributed by atoms with Crippen molar-refractivity contribution in [1.29, 1.82) is 0 Å². The third kappa shape index (κ3) is 4.03. The molecular weight excluding hydrogens is 384 g/mol. The van der Waals surface area contributed by atoms with Gasteiger partial charge in [0.15, 0.2) is 0 Å². The molecule has 4 fully saturated rings. The summed E-state index contributed by atoms with van der Waals surface area (Å²) in [7, 11) is 1.79. The first-order valence-electron chi connectivity index (χ1n) is 13.3. The van der Waals surface area contributed by atoms with E-state index < -0.39 is 11.2 Å². The summed E-state index contributed by atoms with van der Waals surface area (Å²) in [6.07, 6.45) is 12.1. The number of aliphatic hydroxyl groups is 2. The Balaban J connectivity index is 1.52. The lowest BCUT2D eigenvalue weighted by atomic mass is 9.43. The fourth-order valence-electron chi connectivity index (χ4n) is 9.53. The Morgan fingerprint density at radius 2 is 1.65 bits per heavy atom. The van der Waals surface area contributed by atoms with E-state index in [0.717, 1.165) is 49.4 Å². The minimum Gasteiger partial charge on any atom is -0.390 e. The van der Waals surface area contributed by atoms with E-state index in [0.29, 0.717) is 22.7 Å². The van der Waals surface area contributed by atoms with Gasteiger partial charge in [-0.05, 0) is 131 Å². The molecule has 10 unspecified atom stereocenters. The van der Waals surface area contributed by atoms with Crippen LogP contribution in [0.4, 0.5) is 0 Å². The largest absolute Gasteiger partial charge is 0.390 e. The third-order valence-corrected chi connectivity index (χ3v) is 11.3. The van der Waals surface area contributed by atoms with Gasteiger partial charge in [-0.25, -0.2) is 0 Å². The van der Waals surface area contributed by atoms with Crippen molar-refractivity contribution >= 4 is 0 Å². The van der Waals surface area contributed by atoms with Crippen LogP contribution in [0.3, 0.4) is 0 Å². The topological polar surface area (TPSA) is 49.7 Å². The van der Waals surface area contributed by atoms with Crippen LogP contribution in [0.15, 0.2) is 0 Å². The molecule has 3 nitrogen and oxygen atoms in total. The van der Waals surface area contributed by atoms with Crippen LogP contribution in [-0.2, 0) is 4.74 Å². The standard InChI is InChI=1S/C28H50O3/c1-18(12-14-25(2,3)29)21-10-11-22-20-9-8-19-16-28(6,30)24(31-7)17-27(19,5)23(20)13-15-26(21,22)4/h18-24,29-30H,8-17H2,1-7H3. The molecule has 4 saturated carbocycles. The van der Waals surface area contributed by atoms with Crippen LogP contribution in [-0.4, -0.2) is 34.6 Å². The van der Waals surface area contributed by atoms with Crippen LogP contribution in [0.5, 0.6) is 0 Å². The number of hydrogen-bond acceptors (Lipinski definition) is 3. The predicted molar refractivity (Wildman–Crippen MR) is 127 cm³/mol. The molecule has 0 aromatic carbocycles. The van der Waals surface area contributed by atoms with Crippen molar-refractivity contribution in [2.45, 2.75) is 123 Å². The summed E-state index contributed by atoms with van der Waals surface area (Å²) in [5.41, 5.74) is -0.427. The first-order valence-corrected chi connectivity index (χ1v) is 13.3. The van der Waals surface area contributed by atoms with Crippen LogP contribution in [0.2, 0.25) is 0 Å². The van der Waals surface area contributed by atoms with Crippen LogP contribution >= 0.6 is 0 Å². The molecule has 0 bridgehead atoms. The molecule has 2 N–H and O–H groups in total.